The highest BCUT2D eigenvalue weighted by Gasteiger charge is 2.30. The fraction of sp³-hybridized carbons (Fsp3) is 0.571. The number of allylic oxidation sites excluding steroid dienone is 5. The normalized spacial score (nSPS) is 21.6. The van der Waals surface area contributed by atoms with E-state index in [0.717, 1.165) is 61.1 Å². The Morgan fingerprint density at radius 2 is 1.85 bits per heavy atom. The minimum absolute atomic E-state index is 0.105. The van der Waals surface area contributed by atoms with Crippen LogP contribution < -0.4 is 0 Å². The molecule has 1 aromatic carbocycles. The van der Waals surface area contributed by atoms with Gasteiger partial charge in [0.2, 0.25) is 0 Å². The van der Waals surface area contributed by atoms with Crippen LogP contribution >= 0.6 is 8.58 Å². The molecule has 0 amide bonds. The van der Waals surface area contributed by atoms with Gasteiger partial charge in [0, 0.05) is 24.0 Å². The zero-order chi connectivity index (χ0) is 29.7. The molecule has 2 aliphatic rings. The van der Waals surface area contributed by atoms with Crippen LogP contribution in [0.4, 0.5) is 0 Å². The van der Waals surface area contributed by atoms with Crippen molar-refractivity contribution < 1.29 is 14.3 Å². The van der Waals surface area contributed by atoms with Crippen molar-refractivity contribution in [2.75, 3.05) is 26.4 Å². The van der Waals surface area contributed by atoms with Gasteiger partial charge < -0.3 is 14.4 Å². The Kier molecular flexibility index (Phi) is 14.4. The summed E-state index contributed by atoms with van der Waals surface area (Å²) in [5, 5.41) is -0.466. The molecule has 3 unspecified atom stereocenters. The fourth-order valence-corrected chi connectivity index (χ4v) is 6.22. The lowest BCUT2D eigenvalue weighted by Crippen LogP contribution is -2.30. The van der Waals surface area contributed by atoms with Crippen LogP contribution in [0.25, 0.3) is 0 Å². The van der Waals surface area contributed by atoms with Crippen LogP contribution in [0, 0.1) is 5.92 Å². The van der Waals surface area contributed by atoms with E-state index in [9.17, 15) is 4.79 Å². The van der Waals surface area contributed by atoms with Gasteiger partial charge in [-0.3, -0.25) is 4.79 Å². The standard InChI is InChI=1S/C32H46NO3P.C3H8/c1-23(2)33(7)18-16-28(27-13-9-8-10-14-27)29-21-26-12-11-15-30(29)36-25(4)20-24(3)17-19-37-32(5,6)31(34)35-22-26;1-3-2/h8-11,13-15,21,23-24,28,37H,4,12,16-20,22H2,1-3,5-7H3;3H2,1-2H3. The van der Waals surface area contributed by atoms with Crippen LogP contribution in [0.5, 0.6) is 0 Å². The first-order valence-corrected chi connectivity index (χ1v) is 16.3. The molecule has 222 valence electrons. The van der Waals surface area contributed by atoms with E-state index in [1.165, 1.54) is 12.0 Å². The Labute approximate surface area is 246 Å². The third-order valence-electron chi connectivity index (χ3n) is 7.46. The quantitative estimate of drug-likeness (QED) is 0.254. The van der Waals surface area contributed by atoms with Crippen LogP contribution in [0.1, 0.15) is 92.1 Å². The Balaban J connectivity index is 0.00000178. The molecule has 0 spiro atoms. The number of cyclic esters (lactones) is 1. The monoisotopic (exact) mass is 567 g/mol. The van der Waals surface area contributed by atoms with Crippen molar-refractivity contribution in [3.05, 3.63) is 83.4 Å². The smallest absolute Gasteiger partial charge is 0.315 e. The molecule has 1 aliphatic carbocycles. The molecule has 0 radical (unpaired) electrons. The molecule has 1 aliphatic heterocycles. The molecule has 0 fully saturated rings. The van der Waals surface area contributed by atoms with Crippen LogP contribution in [-0.4, -0.2) is 48.4 Å². The van der Waals surface area contributed by atoms with E-state index in [0.29, 0.717) is 27.1 Å². The van der Waals surface area contributed by atoms with E-state index in [2.05, 4.69) is 102 Å². The third-order valence-corrected chi connectivity index (χ3v) is 9.08. The molecule has 0 saturated carbocycles. The SMILES string of the molecule is C=C1CC(C)CCPC(C)(C)C(=O)OCC2=CC(C(CCN(C)C(C)C)c3ccccc3)=C(C=CC2)O1.CCC. The Morgan fingerprint density at radius 1 is 1.18 bits per heavy atom. The summed E-state index contributed by atoms with van der Waals surface area (Å²) in [5.74, 6) is 2.14. The number of carbonyl (C=O) groups is 1. The number of rotatable bonds is 6. The minimum atomic E-state index is -0.466. The van der Waals surface area contributed by atoms with Gasteiger partial charge in [-0.05, 0) is 89.8 Å². The molecule has 4 nitrogen and oxygen atoms in total. The first kappa shape index (κ1) is 34.0. The molecule has 2 bridgehead atoms. The topological polar surface area (TPSA) is 38.8 Å². The molecule has 1 heterocycles. The van der Waals surface area contributed by atoms with Gasteiger partial charge in [0.25, 0.3) is 0 Å². The van der Waals surface area contributed by atoms with Crippen molar-refractivity contribution in [2.45, 2.75) is 97.7 Å². The van der Waals surface area contributed by atoms with Crippen molar-refractivity contribution >= 4 is 14.6 Å². The number of carbonyl (C=O) groups excluding carboxylic acids is 1. The molecule has 5 heteroatoms. The number of fused-ring (bicyclic) bond motifs is 1. The number of hydrogen-bond acceptors (Lipinski definition) is 4. The molecule has 40 heavy (non-hydrogen) atoms. The number of hydrogen-bond donors (Lipinski definition) is 0. The zero-order valence-electron chi connectivity index (χ0n) is 26.4. The highest BCUT2D eigenvalue weighted by molar-refractivity contribution is 7.41. The average Bonchev–Trinajstić information content (AvgIpc) is 3.09. The predicted molar refractivity (Wildman–Crippen MR) is 173 cm³/mol. The summed E-state index contributed by atoms with van der Waals surface area (Å²) in [4.78, 5) is 15.4. The lowest BCUT2D eigenvalue weighted by Gasteiger charge is -2.27. The maximum Gasteiger partial charge on any atom is 0.315 e. The predicted octanol–water partition coefficient (Wildman–Crippen LogP) is 9.02. The first-order chi connectivity index (χ1) is 19.0. The summed E-state index contributed by atoms with van der Waals surface area (Å²) in [5.41, 5.74) is 3.48. The van der Waals surface area contributed by atoms with E-state index >= 15 is 0 Å². The van der Waals surface area contributed by atoms with Gasteiger partial charge in [-0.15, -0.1) is 8.58 Å². The largest absolute Gasteiger partial charge is 0.462 e. The second-order valence-electron chi connectivity index (χ2n) is 12.1. The number of esters is 1. The fourth-order valence-electron chi connectivity index (χ4n) is 4.74. The van der Waals surface area contributed by atoms with Crippen molar-refractivity contribution in [3.8, 4) is 0 Å². The lowest BCUT2D eigenvalue weighted by molar-refractivity contribution is -0.144. The van der Waals surface area contributed by atoms with Crippen LogP contribution in [0.15, 0.2) is 77.8 Å². The maximum atomic E-state index is 13.0. The Hall–Kier alpha value is -2.16. The summed E-state index contributed by atoms with van der Waals surface area (Å²) in [6.45, 7) is 20.6. The molecule has 0 aromatic heterocycles. The summed E-state index contributed by atoms with van der Waals surface area (Å²) >= 11 is 0. The van der Waals surface area contributed by atoms with Gasteiger partial charge in [-0.25, -0.2) is 0 Å². The molecule has 0 saturated heterocycles. The van der Waals surface area contributed by atoms with E-state index in [1.54, 1.807) is 0 Å². The van der Waals surface area contributed by atoms with Gasteiger partial charge in [-0.1, -0.05) is 76.3 Å². The number of benzene rings is 1. The Bertz CT molecular complexity index is 1040. The summed E-state index contributed by atoms with van der Waals surface area (Å²) < 4.78 is 12.4. The second kappa shape index (κ2) is 16.9. The van der Waals surface area contributed by atoms with Crippen LogP contribution in [0.2, 0.25) is 0 Å². The molecular formula is C35H54NO3P. The van der Waals surface area contributed by atoms with Gasteiger partial charge in [0.1, 0.15) is 12.4 Å². The van der Waals surface area contributed by atoms with Gasteiger partial charge in [-0.2, -0.15) is 0 Å². The van der Waals surface area contributed by atoms with Gasteiger partial charge in [0.15, 0.2) is 0 Å². The zero-order valence-corrected chi connectivity index (χ0v) is 27.4. The minimum Gasteiger partial charge on any atom is -0.462 e. The highest BCUT2D eigenvalue weighted by Crippen LogP contribution is 2.38. The number of ether oxygens (including phenoxy) is 2. The van der Waals surface area contributed by atoms with Crippen LogP contribution in [0.3, 0.4) is 0 Å². The van der Waals surface area contributed by atoms with Gasteiger partial charge in [0.05, 0.1) is 10.9 Å². The third kappa shape index (κ3) is 11.0. The average molecular weight is 568 g/mol. The Morgan fingerprint density at radius 3 is 2.50 bits per heavy atom. The highest BCUT2D eigenvalue weighted by atomic mass is 31.1. The summed E-state index contributed by atoms with van der Waals surface area (Å²) in [6, 6.07) is 11.2. The lowest BCUT2D eigenvalue weighted by atomic mass is 9.86. The van der Waals surface area contributed by atoms with Crippen molar-refractivity contribution in [1.82, 2.24) is 4.90 Å². The molecule has 1 aromatic rings. The van der Waals surface area contributed by atoms with Crippen molar-refractivity contribution in [3.63, 3.8) is 0 Å². The van der Waals surface area contributed by atoms with Crippen molar-refractivity contribution in [1.29, 1.82) is 0 Å². The van der Waals surface area contributed by atoms with E-state index in [4.69, 9.17) is 9.47 Å². The molecular weight excluding hydrogens is 513 g/mol. The molecule has 3 rings (SSSR count). The maximum absolute atomic E-state index is 13.0. The van der Waals surface area contributed by atoms with Gasteiger partial charge >= 0.3 is 5.97 Å². The second-order valence-corrected chi connectivity index (χ2v) is 14.2. The van der Waals surface area contributed by atoms with Crippen molar-refractivity contribution in [2.24, 2.45) is 5.92 Å². The summed E-state index contributed by atoms with van der Waals surface area (Å²) in [6.07, 6.45) is 12.2. The van der Waals surface area contributed by atoms with E-state index < -0.39 is 5.16 Å². The molecule has 0 N–H and O–H groups in total. The van der Waals surface area contributed by atoms with E-state index in [1.807, 2.05) is 13.8 Å². The van der Waals surface area contributed by atoms with Crippen LogP contribution in [-0.2, 0) is 14.3 Å². The number of nitrogens with zero attached hydrogens (tertiary/aromatic N) is 1. The summed E-state index contributed by atoms with van der Waals surface area (Å²) in [7, 11) is 2.71. The molecule has 3 atom stereocenters. The van der Waals surface area contributed by atoms with E-state index in [-0.39, 0.29) is 11.9 Å². The first-order valence-electron chi connectivity index (χ1n) is 15.1.